The molecule has 0 atom stereocenters. The quantitative estimate of drug-likeness (QED) is 0.827. The molecular weight excluding hydrogens is 198 g/mol. The van der Waals surface area contributed by atoms with E-state index in [9.17, 15) is 0 Å². The fourth-order valence-corrected chi connectivity index (χ4v) is 1.38. The molecule has 0 saturated heterocycles. The van der Waals surface area contributed by atoms with Gasteiger partial charge in [0, 0.05) is 12.1 Å². The maximum absolute atomic E-state index is 6.04. The summed E-state index contributed by atoms with van der Waals surface area (Å²) in [6, 6.07) is 5.62. The summed E-state index contributed by atoms with van der Waals surface area (Å²) in [4.78, 5) is 0. The van der Waals surface area contributed by atoms with Crippen molar-refractivity contribution >= 4 is 17.7 Å². The molecule has 1 aromatic carbocycles. The van der Waals surface area contributed by atoms with Crippen LogP contribution in [-0.2, 0) is 0 Å². The maximum atomic E-state index is 6.04. The molecule has 0 saturated carbocycles. The second-order valence-electron chi connectivity index (χ2n) is 2.82. The summed E-state index contributed by atoms with van der Waals surface area (Å²) in [6.07, 6.45) is 3.96. The smallest absolute Gasteiger partial charge is 0.127 e. The van der Waals surface area contributed by atoms with Crippen LogP contribution in [0.2, 0.25) is 5.02 Å². The SMILES string of the molecule is CNCC=Cc1c(Cl)cccc1OC. The van der Waals surface area contributed by atoms with Crippen molar-refractivity contribution in [1.29, 1.82) is 0 Å². The molecule has 1 N–H and O–H groups in total. The van der Waals surface area contributed by atoms with Gasteiger partial charge in [0.2, 0.25) is 0 Å². The maximum Gasteiger partial charge on any atom is 0.127 e. The third kappa shape index (κ3) is 2.76. The molecule has 0 radical (unpaired) electrons. The lowest BCUT2D eigenvalue weighted by Crippen LogP contribution is -2.03. The Kier molecular flexibility index (Phi) is 4.50. The van der Waals surface area contributed by atoms with Crippen molar-refractivity contribution in [2.75, 3.05) is 20.7 Å². The highest BCUT2D eigenvalue weighted by atomic mass is 35.5. The van der Waals surface area contributed by atoms with Gasteiger partial charge in [0.1, 0.15) is 5.75 Å². The van der Waals surface area contributed by atoms with E-state index >= 15 is 0 Å². The van der Waals surface area contributed by atoms with E-state index in [1.54, 1.807) is 7.11 Å². The number of hydrogen-bond donors (Lipinski definition) is 1. The van der Waals surface area contributed by atoms with E-state index in [0.29, 0.717) is 5.02 Å². The Morgan fingerprint density at radius 3 is 2.93 bits per heavy atom. The molecule has 0 aliphatic carbocycles. The van der Waals surface area contributed by atoms with Crippen molar-refractivity contribution in [3.63, 3.8) is 0 Å². The molecule has 0 fully saturated rings. The van der Waals surface area contributed by atoms with Gasteiger partial charge in [0.15, 0.2) is 0 Å². The second kappa shape index (κ2) is 5.68. The molecular formula is C11H14ClNO. The zero-order chi connectivity index (χ0) is 10.4. The first-order valence-corrected chi connectivity index (χ1v) is 4.81. The summed E-state index contributed by atoms with van der Waals surface area (Å²) in [5.74, 6) is 0.796. The molecule has 3 heteroatoms. The van der Waals surface area contributed by atoms with Crippen molar-refractivity contribution in [2.24, 2.45) is 0 Å². The van der Waals surface area contributed by atoms with Crippen molar-refractivity contribution in [3.05, 3.63) is 34.9 Å². The van der Waals surface area contributed by atoms with Gasteiger partial charge < -0.3 is 10.1 Å². The van der Waals surface area contributed by atoms with Crippen LogP contribution >= 0.6 is 11.6 Å². The topological polar surface area (TPSA) is 21.3 Å². The van der Waals surface area contributed by atoms with Crippen LogP contribution in [-0.4, -0.2) is 20.7 Å². The summed E-state index contributed by atoms with van der Waals surface area (Å²) < 4.78 is 5.20. The predicted octanol–water partition coefficient (Wildman–Crippen LogP) is 2.58. The van der Waals surface area contributed by atoms with Crippen LogP contribution in [0.1, 0.15) is 5.56 Å². The molecule has 0 bridgehead atoms. The van der Waals surface area contributed by atoms with Gasteiger partial charge in [-0.1, -0.05) is 29.8 Å². The molecule has 76 valence electrons. The van der Waals surface area contributed by atoms with Gasteiger partial charge >= 0.3 is 0 Å². The molecule has 0 amide bonds. The molecule has 1 rings (SSSR count). The first-order chi connectivity index (χ1) is 6.79. The third-order valence-electron chi connectivity index (χ3n) is 1.84. The molecule has 0 aliphatic heterocycles. The van der Waals surface area contributed by atoms with Gasteiger partial charge in [-0.2, -0.15) is 0 Å². The molecule has 0 heterocycles. The summed E-state index contributed by atoms with van der Waals surface area (Å²) in [7, 11) is 3.54. The monoisotopic (exact) mass is 211 g/mol. The highest BCUT2D eigenvalue weighted by Crippen LogP contribution is 2.27. The number of benzene rings is 1. The van der Waals surface area contributed by atoms with Gasteiger partial charge in [-0.3, -0.25) is 0 Å². The zero-order valence-electron chi connectivity index (χ0n) is 8.38. The number of nitrogens with one attached hydrogen (secondary N) is 1. The average Bonchev–Trinajstić information content (AvgIpc) is 2.20. The van der Waals surface area contributed by atoms with E-state index in [4.69, 9.17) is 16.3 Å². The summed E-state index contributed by atoms with van der Waals surface area (Å²) in [5, 5.41) is 3.73. The van der Waals surface area contributed by atoms with Crippen LogP contribution in [0.25, 0.3) is 6.08 Å². The van der Waals surface area contributed by atoms with Gasteiger partial charge in [-0.25, -0.2) is 0 Å². The number of halogens is 1. The molecule has 1 aromatic rings. The summed E-state index contributed by atoms with van der Waals surface area (Å²) >= 11 is 6.04. The number of likely N-dealkylation sites (N-methyl/N-ethyl adjacent to an activating group) is 1. The van der Waals surface area contributed by atoms with Gasteiger partial charge in [-0.05, 0) is 19.2 Å². The van der Waals surface area contributed by atoms with Crippen LogP contribution in [0, 0.1) is 0 Å². The number of rotatable bonds is 4. The second-order valence-corrected chi connectivity index (χ2v) is 3.22. The largest absolute Gasteiger partial charge is 0.496 e. The Balaban J connectivity index is 2.93. The first-order valence-electron chi connectivity index (χ1n) is 4.43. The minimum absolute atomic E-state index is 0.705. The molecule has 0 aromatic heterocycles. The van der Waals surface area contributed by atoms with Crippen LogP contribution < -0.4 is 10.1 Å². The van der Waals surface area contributed by atoms with Gasteiger partial charge in [0.25, 0.3) is 0 Å². The highest BCUT2D eigenvalue weighted by molar-refractivity contribution is 6.32. The highest BCUT2D eigenvalue weighted by Gasteiger charge is 2.02. The fourth-order valence-electron chi connectivity index (χ4n) is 1.15. The first kappa shape index (κ1) is 11.1. The van der Waals surface area contributed by atoms with Crippen molar-refractivity contribution < 1.29 is 4.74 Å². The van der Waals surface area contributed by atoms with E-state index in [2.05, 4.69) is 5.32 Å². The Morgan fingerprint density at radius 1 is 1.50 bits per heavy atom. The summed E-state index contributed by atoms with van der Waals surface area (Å²) in [6.45, 7) is 0.814. The molecule has 0 unspecified atom stereocenters. The van der Waals surface area contributed by atoms with E-state index in [0.717, 1.165) is 17.9 Å². The van der Waals surface area contributed by atoms with Crippen molar-refractivity contribution in [3.8, 4) is 5.75 Å². The standard InChI is InChI=1S/C11H14ClNO/c1-13-8-4-5-9-10(12)6-3-7-11(9)14-2/h3-7,13H,8H2,1-2H3. The molecule has 0 aliphatic rings. The Hall–Kier alpha value is -0.990. The van der Waals surface area contributed by atoms with Crippen LogP contribution in [0.3, 0.4) is 0 Å². The number of hydrogen-bond acceptors (Lipinski definition) is 2. The molecule has 14 heavy (non-hydrogen) atoms. The normalized spacial score (nSPS) is 10.8. The zero-order valence-corrected chi connectivity index (χ0v) is 9.14. The van der Waals surface area contributed by atoms with Crippen LogP contribution in [0.5, 0.6) is 5.75 Å². The minimum atomic E-state index is 0.705. The van der Waals surface area contributed by atoms with Crippen molar-refractivity contribution in [1.82, 2.24) is 5.32 Å². The number of ether oxygens (including phenoxy) is 1. The average molecular weight is 212 g/mol. The van der Waals surface area contributed by atoms with E-state index < -0.39 is 0 Å². The lowest BCUT2D eigenvalue weighted by atomic mass is 10.2. The Morgan fingerprint density at radius 2 is 2.29 bits per heavy atom. The van der Waals surface area contributed by atoms with Crippen LogP contribution in [0.4, 0.5) is 0 Å². The third-order valence-corrected chi connectivity index (χ3v) is 2.17. The van der Waals surface area contributed by atoms with Crippen LogP contribution in [0.15, 0.2) is 24.3 Å². The summed E-state index contributed by atoms with van der Waals surface area (Å²) in [5.41, 5.74) is 0.923. The fraction of sp³-hybridized carbons (Fsp3) is 0.273. The van der Waals surface area contributed by atoms with E-state index in [1.165, 1.54) is 0 Å². The van der Waals surface area contributed by atoms with E-state index in [1.807, 2.05) is 37.4 Å². The van der Waals surface area contributed by atoms with Gasteiger partial charge in [0.05, 0.1) is 12.1 Å². The lowest BCUT2D eigenvalue weighted by molar-refractivity contribution is 0.414. The van der Waals surface area contributed by atoms with E-state index in [-0.39, 0.29) is 0 Å². The van der Waals surface area contributed by atoms with Crippen molar-refractivity contribution in [2.45, 2.75) is 0 Å². The predicted molar refractivity (Wildman–Crippen MR) is 61.0 cm³/mol. The lowest BCUT2D eigenvalue weighted by Gasteiger charge is -2.05. The Labute approximate surface area is 89.5 Å². The molecule has 0 spiro atoms. The van der Waals surface area contributed by atoms with Gasteiger partial charge in [-0.15, -0.1) is 0 Å². The number of methoxy groups -OCH3 is 1. The minimum Gasteiger partial charge on any atom is -0.496 e. The molecule has 2 nitrogen and oxygen atoms in total. The Bertz CT molecular complexity index is 323.